The molecule has 1 aliphatic rings. The molecule has 0 bridgehead atoms. The Bertz CT molecular complexity index is 794. The second kappa shape index (κ2) is 7.37. The maximum Gasteiger partial charge on any atom is 0.255 e. The van der Waals surface area contributed by atoms with E-state index in [1.807, 2.05) is 32.0 Å². The van der Waals surface area contributed by atoms with Gasteiger partial charge in [0.2, 0.25) is 5.91 Å². The van der Waals surface area contributed by atoms with Crippen LogP contribution in [0, 0.1) is 25.7 Å². The second-order valence-corrected chi connectivity index (χ2v) is 6.88. The summed E-state index contributed by atoms with van der Waals surface area (Å²) in [5, 5.41) is 0. The van der Waals surface area contributed by atoms with E-state index in [1.54, 1.807) is 18.3 Å². The SMILES string of the molecule is COC[C@@H]1CN(C(=O)c2cc(C)n(Cc3ccco3)c2C)C[C@H]1C(N)=O. The lowest BCUT2D eigenvalue weighted by Crippen LogP contribution is -2.32. The van der Waals surface area contributed by atoms with Gasteiger partial charge in [0, 0.05) is 37.5 Å². The van der Waals surface area contributed by atoms with Gasteiger partial charge in [-0.1, -0.05) is 0 Å². The Kier molecular flexibility index (Phi) is 5.18. The van der Waals surface area contributed by atoms with E-state index >= 15 is 0 Å². The molecule has 1 aliphatic heterocycles. The molecule has 7 nitrogen and oxygen atoms in total. The normalized spacial score (nSPS) is 19.9. The molecule has 7 heteroatoms. The summed E-state index contributed by atoms with van der Waals surface area (Å²) in [6.07, 6.45) is 1.64. The van der Waals surface area contributed by atoms with E-state index in [-0.39, 0.29) is 23.7 Å². The number of nitrogens with zero attached hydrogens (tertiary/aromatic N) is 2. The maximum absolute atomic E-state index is 13.0. The monoisotopic (exact) mass is 359 g/mol. The van der Waals surface area contributed by atoms with Crippen LogP contribution >= 0.6 is 0 Å². The predicted octanol–water partition coefficient (Wildman–Crippen LogP) is 1.57. The van der Waals surface area contributed by atoms with Gasteiger partial charge < -0.3 is 24.4 Å². The van der Waals surface area contributed by atoms with Gasteiger partial charge in [-0.05, 0) is 32.0 Å². The van der Waals surface area contributed by atoms with Crippen molar-refractivity contribution in [3.8, 4) is 0 Å². The van der Waals surface area contributed by atoms with E-state index in [9.17, 15) is 9.59 Å². The third kappa shape index (κ3) is 3.39. The molecule has 140 valence electrons. The van der Waals surface area contributed by atoms with Gasteiger partial charge in [-0.15, -0.1) is 0 Å². The summed E-state index contributed by atoms with van der Waals surface area (Å²) in [6.45, 7) is 5.70. The molecule has 3 rings (SSSR count). The van der Waals surface area contributed by atoms with Crippen molar-refractivity contribution in [3.05, 3.63) is 47.2 Å². The lowest BCUT2D eigenvalue weighted by molar-refractivity contribution is -0.122. The van der Waals surface area contributed by atoms with Crippen molar-refractivity contribution in [1.82, 2.24) is 9.47 Å². The molecule has 0 aliphatic carbocycles. The van der Waals surface area contributed by atoms with Gasteiger partial charge in [0.05, 0.1) is 30.9 Å². The third-order valence-electron chi connectivity index (χ3n) is 5.17. The van der Waals surface area contributed by atoms with Crippen molar-refractivity contribution in [2.75, 3.05) is 26.8 Å². The molecule has 0 spiro atoms. The Labute approximate surface area is 152 Å². The maximum atomic E-state index is 13.0. The molecular formula is C19H25N3O4. The number of hydrogen-bond donors (Lipinski definition) is 1. The molecule has 2 aromatic heterocycles. The summed E-state index contributed by atoms with van der Waals surface area (Å²) in [7, 11) is 1.59. The van der Waals surface area contributed by atoms with Crippen molar-refractivity contribution in [2.45, 2.75) is 20.4 Å². The number of amides is 2. The van der Waals surface area contributed by atoms with Gasteiger partial charge >= 0.3 is 0 Å². The number of aromatic nitrogens is 1. The van der Waals surface area contributed by atoms with Crippen LogP contribution in [0.1, 0.15) is 27.5 Å². The number of likely N-dealkylation sites (tertiary alicyclic amines) is 1. The van der Waals surface area contributed by atoms with Crippen molar-refractivity contribution < 1.29 is 18.7 Å². The van der Waals surface area contributed by atoms with E-state index in [4.69, 9.17) is 14.9 Å². The van der Waals surface area contributed by atoms with E-state index < -0.39 is 0 Å². The first kappa shape index (κ1) is 18.3. The summed E-state index contributed by atoms with van der Waals surface area (Å²) in [6, 6.07) is 5.65. The standard InChI is InChI=1S/C19H25N3O4/c1-12-7-16(13(2)22(12)9-15-5-4-6-26-15)19(24)21-8-14(11-25-3)17(10-21)18(20)23/h4-7,14,17H,8-11H2,1-3H3,(H2,20,23)/t14-,17+/m0/s1. The number of nitrogens with two attached hydrogens (primary N) is 1. The average molecular weight is 359 g/mol. The lowest BCUT2D eigenvalue weighted by atomic mass is 9.96. The Morgan fingerprint density at radius 2 is 2.12 bits per heavy atom. The van der Waals surface area contributed by atoms with Crippen LogP contribution in [0.25, 0.3) is 0 Å². The van der Waals surface area contributed by atoms with E-state index in [0.717, 1.165) is 17.1 Å². The van der Waals surface area contributed by atoms with Crippen LogP contribution < -0.4 is 5.73 Å². The number of primary amides is 1. The number of carbonyl (C=O) groups is 2. The number of methoxy groups -OCH3 is 1. The zero-order valence-electron chi connectivity index (χ0n) is 15.4. The van der Waals surface area contributed by atoms with Crippen LogP contribution in [-0.4, -0.2) is 48.1 Å². The van der Waals surface area contributed by atoms with Gasteiger partial charge in [0.15, 0.2) is 0 Å². The van der Waals surface area contributed by atoms with Crippen LogP contribution in [0.4, 0.5) is 0 Å². The fraction of sp³-hybridized carbons (Fsp3) is 0.474. The van der Waals surface area contributed by atoms with Gasteiger partial charge in [0.1, 0.15) is 5.76 Å². The number of furan rings is 1. The molecule has 2 atom stereocenters. The average Bonchev–Trinajstić information content (AvgIpc) is 3.31. The van der Waals surface area contributed by atoms with Crippen LogP contribution in [-0.2, 0) is 16.1 Å². The quantitative estimate of drug-likeness (QED) is 0.847. The molecule has 0 aromatic carbocycles. The summed E-state index contributed by atoms with van der Waals surface area (Å²) in [5.74, 6) is -0.0567. The highest BCUT2D eigenvalue weighted by Gasteiger charge is 2.39. The molecule has 3 heterocycles. The fourth-order valence-electron chi connectivity index (χ4n) is 3.73. The number of hydrogen-bond acceptors (Lipinski definition) is 4. The summed E-state index contributed by atoms with van der Waals surface area (Å²) in [5.41, 5.74) is 8.03. The highest BCUT2D eigenvalue weighted by Crippen LogP contribution is 2.27. The highest BCUT2D eigenvalue weighted by molar-refractivity contribution is 5.96. The van der Waals surface area contributed by atoms with Crippen molar-refractivity contribution in [2.24, 2.45) is 17.6 Å². The van der Waals surface area contributed by atoms with Gasteiger partial charge in [-0.2, -0.15) is 0 Å². The molecule has 26 heavy (non-hydrogen) atoms. The minimum absolute atomic E-state index is 0.0620. The molecule has 0 saturated carbocycles. The number of rotatable bonds is 6. The van der Waals surface area contributed by atoms with Crippen LogP contribution in [0.2, 0.25) is 0 Å². The van der Waals surface area contributed by atoms with E-state index in [1.165, 1.54) is 0 Å². The summed E-state index contributed by atoms with van der Waals surface area (Å²) < 4.78 is 12.7. The van der Waals surface area contributed by atoms with Crippen LogP contribution in [0.15, 0.2) is 28.9 Å². The first-order valence-electron chi connectivity index (χ1n) is 8.69. The molecule has 2 aromatic rings. The number of ether oxygens (including phenoxy) is 1. The molecule has 1 fully saturated rings. The van der Waals surface area contributed by atoms with Crippen molar-refractivity contribution in [1.29, 1.82) is 0 Å². The topological polar surface area (TPSA) is 90.7 Å². The first-order valence-corrected chi connectivity index (χ1v) is 8.69. The molecule has 0 unspecified atom stereocenters. The number of aryl methyl sites for hydroxylation is 1. The van der Waals surface area contributed by atoms with Gasteiger partial charge in [-0.3, -0.25) is 9.59 Å². The highest BCUT2D eigenvalue weighted by atomic mass is 16.5. The Morgan fingerprint density at radius 3 is 2.73 bits per heavy atom. The lowest BCUT2D eigenvalue weighted by Gasteiger charge is -2.16. The zero-order valence-corrected chi connectivity index (χ0v) is 15.4. The summed E-state index contributed by atoms with van der Waals surface area (Å²) >= 11 is 0. The molecule has 1 saturated heterocycles. The third-order valence-corrected chi connectivity index (χ3v) is 5.17. The largest absolute Gasteiger partial charge is 0.467 e. The van der Waals surface area contributed by atoms with Crippen LogP contribution in [0.5, 0.6) is 0 Å². The van der Waals surface area contributed by atoms with Crippen molar-refractivity contribution in [3.63, 3.8) is 0 Å². The van der Waals surface area contributed by atoms with Gasteiger partial charge in [-0.25, -0.2) is 0 Å². The molecule has 2 amide bonds. The zero-order chi connectivity index (χ0) is 18.8. The van der Waals surface area contributed by atoms with Crippen LogP contribution in [0.3, 0.4) is 0 Å². The minimum Gasteiger partial charge on any atom is -0.467 e. The van der Waals surface area contributed by atoms with Gasteiger partial charge in [0.25, 0.3) is 5.91 Å². The Morgan fingerprint density at radius 1 is 1.35 bits per heavy atom. The Balaban J connectivity index is 1.81. The van der Waals surface area contributed by atoms with E-state index in [2.05, 4.69) is 4.57 Å². The Hall–Kier alpha value is -2.54. The summed E-state index contributed by atoms with van der Waals surface area (Å²) in [4.78, 5) is 26.5. The fourth-order valence-corrected chi connectivity index (χ4v) is 3.73. The van der Waals surface area contributed by atoms with Crippen molar-refractivity contribution >= 4 is 11.8 Å². The predicted molar refractivity (Wildman–Crippen MR) is 95.7 cm³/mol. The van der Waals surface area contributed by atoms with E-state index in [0.29, 0.717) is 31.8 Å². The molecule has 0 radical (unpaired) electrons. The molecule has 2 N–H and O–H groups in total. The first-order chi connectivity index (χ1) is 12.4. The minimum atomic E-state index is -0.384. The second-order valence-electron chi connectivity index (χ2n) is 6.88. The molecular weight excluding hydrogens is 334 g/mol. The smallest absolute Gasteiger partial charge is 0.255 e. The number of carbonyl (C=O) groups excluding carboxylic acids is 2.